The van der Waals surface area contributed by atoms with E-state index < -0.39 is 172 Å². The Kier molecular flexibility index (Phi) is 11.1. The number of benzene rings is 15. The molecule has 0 saturated carbocycles. The highest BCUT2D eigenvalue weighted by Crippen LogP contribution is 2.57. The summed E-state index contributed by atoms with van der Waals surface area (Å²) in [6.45, 7) is 17.3. The molecule has 0 spiro atoms. The molecule has 0 amide bonds. The van der Waals surface area contributed by atoms with Crippen LogP contribution in [0.25, 0.3) is 99.5 Å². The molecule has 0 unspecified atom stereocenters. The predicted molar refractivity (Wildman–Crippen MR) is 462 cm³/mol. The van der Waals surface area contributed by atoms with Gasteiger partial charge in [-0.25, -0.2) is 0 Å². The molecule has 5 nitrogen and oxygen atoms in total. The first-order chi connectivity index (χ1) is 61.3. The van der Waals surface area contributed by atoms with Crippen molar-refractivity contribution in [3.8, 4) is 55.9 Å². The highest BCUT2D eigenvalue weighted by Gasteiger charge is 2.49. The van der Waals surface area contributed by atoms with E-state index in [0.717, 1.165) is 15.7 Å². The van der Waals surface area contributed by atoms with Gasteiger partial charge in [0.1, 0.15) is 0 Å². The maximum atomic E-state index is 12.3. The lowest BCUT2D eigenvalue weighted by molar-refractivity contribution is 0.590. The summed E-state index contributed by atoms with van der Waals surface area (Å²) < 4.78 is 217. The number of fused-ring (bicyclic) bond motifs is 10. The fourth-order valence-electron chi connectivity index (χ4n) is 15.8. The monoisotopic (exact) mass is 1410 g/mol. The second kappa shape index (κ2) is 25.6. The predicted octanol–water partition coefficient (Wildman–Crippen LogP) is 26.0. The largest absolute Gasteiger partial charge is 0.311 e. The first kappa shape index (κ1) is 47.0. The summed E-state index contributed by atoms with van der Waals surface area (Å²) in [5, 5.41) is -1.32. The van der Waals surface area contributed by atoms with Gasteiger partial charge in [0.05, 0.1) is 67.9 Å². The molecule has 0 bridgehead atoms. The van der Waals surface area contributed by atoms with Crippen LogP contribution in [-0.2, 0) is 16.2 Å². The van der Waals surface area contributed by atoms with Gasteiger partial charge in [-0.05, 0) is 181 Å². The molecule has 0 radical (unpaired) electrons. The van der Waals surface area contributed by atoms with E-state index in [4.69, 9.17) is 0 Å². The van der Waals surface area contributed by atoms with Crippen molar-refractivity contribution in [1.82, 2.24) is 9.13 Å². The van der Waals surface area contributed by atoms with Crippen LogP contribution in [0.3, 0.4) is 0 Å². The van der Waals surface area contributed by atoms with Crippen LogP contribution < -0.4 is 31.1 Å². The first-order valence-corrected chi connectivity index (χ1v) is 36.4. The van der Waals surface area contributed by atoms with Crippen LogP contribution in [0, 0.1) is 0 Å². The normalized spacial score (nSPS) is 15.5. The van der Waals surface area contributed by atoms with Crippen molar-refractivity contribution in [3.05, 3.63) is 362 Å². The van der Waals surface area contributed by atoms with Gasteiger partial charge >= 0.3 is 0 Å². The van der Waals surface area contributed by atoms with Crippen LogP contribution in [-0.4, -0.2) is 15.8 Å². The molecule has 2 aliphatic heterocycles. The van der Waals surface area contributed by atoms with Crippen molar-refractivity contribution in [3.63, 3.8) is 0 Å². The summed E-state index contributed by atoms with van der Waals surface area (Å²) in [7, 11) is 0. The third-order valence-electron chi connectivity index (χ3n) is 21.1. The lowest BCUT2D eigenvalue weighted by atomic mass is 9.33. The molecule has 2 aliphatic rings. The fourth-order valence-corrected chi connectivity index (χ4v) is 15.8. The van der Waals surface area contributed by atoms with E-state index >= 15 is 0 Å². The minimum absolute atomic E-state index is 0.0447. The Morgan fingerprint density at radius 1 is 0.306 bits per heavy atom. The molecule has 0 saturated heterocycles. The van der Waals surface area contributed by atoms with Crippen molar-refractivity contribution in [1.29, 1.82) is 0 Å². The summed E-state index contributed by atoms with van der Waals surface area (Å²) >= 11 is 0. The minimum Gasteiger partial charge on any atom is -0.311 e. The summed E-state index contributed by atoms with van der Waals surface area (Å²) in [6, 6.07) is 55.5. The van der Waals surface area contributed by atoms with E-state index in [0.29, 0.717) is 89.7 Å². The van der Waals surface area contributed by atoms with Gasteiger partial charge in [0.2, 0.25) is 0 Å². The maximum absolute atomic E-state index is 12.3. The lowest BCUT2D eigenvalue weighted by Gasteiger charge is -2.48. The molecule has 108 heavy (non-hydrogen) atoms. The molecule has 4 heterocycles. The summed E-state index contributed by atoms with van der Waals surface area (Å²) in [5.74, 6) is 0. The Balaban J connectivity index is 1.15. The number of hydrogen-bond donors (Lipinski definition) is 0. The molecule has 2 aromatic heterocycles. The number of aromatic nitrogens is 2. The number of nitrogens with zero attached hydrogens (tertiary/aromatic N) is 5. The highest BCUT2D eigenvalue weighted by molar-refractivity contribution is 7.01. The number of hydrogen-bond acceptors (Lipinski definition) is 3. The van der Waals surface area contributed by atoms with Gasteiger partial charge in [-0.2, -0.15) is 0 Å². The Labute approximate surface area is 664 Å². The zero-order valence-electron chi connectivity index (χ0n) is 82.1. The van der Waals surface area contributed by atoms with Crippen LogP contribution in [0.5, 0.6) is 0 Å². The molecule has 15 aromatic carbocycles. The molecular weight excluding hydrogens is 1310 g/mol. The van der Waals surface area contributed by atoms with Crippen LogP contribution in [0.2, 0.25) is 0 Å². The second-order valence-electron chi connectivity index (χ2n) is 30.9. The molecule has 0 fully saturated rings. The van der Waals surface area contributed by atoms with Crippen LogP contribution >= 0.6 is 0 Å². The molecule has 0 atom stereocenters. The zero-order chi connectivity index (χ0) is 91.6. The molecule has 0 N–H and O–H groups in total. The molecule has 19 rings (SSSR count). The van der Waals surface area contributed by atoms with Crippen LogP contribution in [0.1, 0.15) is 108 Å². The van der Waals surface area contributed by atoms with Crippen LogP contribution in [0.15, 0.2) is 345 Å². The Morgan fingerprint density at radius 2 is 0.620 bits per heavy atom. The molecule has 520 valence electrons. The standard InChI is InChI=1S/C102H84BN5/c1-100(2,3)71-58-82(67-36-16-10-17-37-67)98(83(59-71)68-38-18-11-19-39-68)107-91-64-76(105-87-52-32-28-48-78(87)79-49-29-33-53-88(79)105)56-57-86(91)103-96-92(107)62-73(102(7,8)9)63-93(96)108(99-84(69-40-20-12-21-41-69)60-72(101(4,5)6)61-85(99)70-42-22-13-23-43-70)95-66-77(106-89-54-34-30-50-80(89)81-51-31-35-55-90(81)106)65-94(97(95)103)104(74-44-24-14-25-45-74)75-46-26-15-27-47-75/h10-66H,1-9H3/i28D,29D,30D,31D,32D,33D,34D,35D,48D,49D,50D,51D,52D,53D,54D,55D,56D,57D,64D,65D,66D. The van der Waals surface area contributed by atoms with Gasteiger partial charge in [0.15, 0.2) is 0 Å². The summed E-state index contributed by atoms with van der Waals surface area (Å²) in [5.41, 5.74) is 5.66. The number of para-hydroxylation sites is 6. The van der Waals surface area contributed by atoms with Gasteiger partial charge in [-0.1, -0.05) is 299 Å². The molecule has 0 aliphatic carbocycles. The average Bonchev–Trinajstić information content (AvgIpc) is 1.19. The van der Waals surface area contributed by atoms with Gasteiger partial charge < -0.3 is 23.8 Å². The second-order valence-corrected chi connectivity index (χ2v) is 30.9. The summed E-state index contributed by atoms with van der Waals surface area (Å²) in [4.78, 5) is 5.81. The fraction of sp³-hybridized carbons (Fsp3) is 0.118. The minimum atomic E-state index is -1.62. The van der Waals surface area contributed by atoms with E-state index in [-0.39, 0.29) is 60.6 Å². The molecule has 17 aromatic rings. The van der Waals surface area contributed by atoms with E-state index in [1.807, 2.05) is 197 Å². The average molecular weight is 1410 g/mol. The van der Waals surface area contributed by atoms with E-state index in [9.17, 15) is 28.8 Å². The molecule has 6 heteroatoms. The van der Waals surface area contributed by atoms with E-state index in [1.54, 1.807) is 0 Å². The number of rotatable bonds is 11. The third kappa shape index (κ3) is 10.9. The van der Waals surface area contributed by atoms with Crippen LogP contribution in [0.4, 0.5) is 51.2 Å². The van der Waals surface area contributed by atoms with Crippen molar-refractivity contribution in [2.75, 3.05) is 14.7 Å². The Hall–Kier alpha value is -12.6. The molecular formula is C102H84BN5. The SMILES string of the molecule is [2H]c1c([2H])c(-n2c3c([2H])c([2H])c([2H])c([2H])c3c3c([2H])c([2H])c([2H])c([2H])c32)c([2H])c2c1B1c3c(cc(C(C)(C)C)cc3N(c3c(-c4ccccc4)cc(C(C)(C)C)cc3-c3ccccc3)c3c([2H])c(-n4c5c([2H])c([2H])c([2H])c([2H])c5c5c([2H])c([2H])c([2H])c([2H])c54)c([2H])c(N(c4ccccc4)c4ccccc4)c31)N2c1c(-c2ccccc2)cc(C(C)(C)C)cc1-c1ccccc1. The first-order valence-electron chi connectivity index (χ1n) is 46.9. The van der Waals surface area contributed by atoms with Gasteiger partial charge in [-0.3, -0.25) is 0 Å². The van der Waals surface area contributed by atoms with Gasteiger partial charge in [0, 0.05) is 89.3 Å². The Bertz CT molecular complexity index is 7350. The van der Waals surface area contributed by atoms with Gasteiger partial charge in [-0.15, -0.1) is 0 Å². The van der Waals surface area contributed by atoms with E-state index in [1.165, 1.54) is 4.57 Å². The van der Waals surface area contributed by atoms with Crippen molar-refractivity contribution >= 4 is 118 Å². The van der Waals surface area contributed by atoms with E-state index in [2.05, 4.69) is 98.7 Å². The van der Waals surface area contributed by atoms with Crippen molar-refractivity contribution in [2.24, 2.45) is 0 Å². The maximum Gasteiger partial charge on any atom is 0.254 e. The topological polar surface area (TPSA) is 19.6 Å². The third-order valence-corrected chi connectivity index (χ3v) is 21.1. The van der Waals surface area contributed by atoms with Crippen molar-refractivity contribution < 1.29 is 28.8 Å². The lowest BCUT2D eigenvalue weighted by Crippen LogP contribution is -2.62. The zero-order valence-corrected chi connectivity index (χ0v) is 61.1. The van der Waals surface area contributed by atoms with Crippen molar-refractivity contribution in [2.45, 2.75) is 78.6 Å². The number of anilines is 9. The van der Waals surface area contributed by atoms with Gasteiger partial charge in [0.25, 0.3) is 6.71 Å². The highest BCUT2D eigenvalue weighted by atomic mass is 15.2. The smallest absolute Gasteiger partial charge is 0.254 e. The quantitative estimate of drug-likeness (QED) is 0.120. The Morgan fingerprint density at radius 3 is 0.981 bits per heavy atom. The summed E-state index contributed by atoms with van der Waals surface area (Å²) in [6.07, 6.45) is 0.